The normalized spacial score (nSPS) is 8.44. The molecule has 0 radical (unpaired) electrons. The van der Waals surface area contributed by atoms with Crippen molar-refractivity contribution in [3.05, 3.63) is 0 Å². The van der Waals surface area contributed by atoms with Crippen LogP contribution >= 0.6 is 0 Å². The summed E-state index contributed by atoms with van der Waals surface area (Å²) in [6, 6.07) is 0. The Kier molecular flexibility index (Phi) is 3.61. The van der Waals surface area contributed by atoms with Gasteiger partial charge in [-0.2, -0.15) is 12.8 Å². The third-order valence-electron chi connectivity index (χ3n) is 0.555. The van der Waals surface area contributed by atoms with Gasteiger partial charge in [-0.1, -0.05) is 0 Å². The van der Waals surface area contributed by atoms with E-state index in [0.29, 0.717) is 0 Å². The average molecular weight is 150 g/mol. The fourth-order valence-corrected chi connectivity index (χ4v) is 0.471. The molecule has 52 valence electrons. The predicted octanol–water partition coefficient (Wildman–Crippen LogP) is -1.08. The molecule has 0 spiro atoms. The van der Waals surface area contributed by atoms with Crippen molar-refractivity contribution >= 4 is 16.4 Å². The van der Waals surface area contributed by atoms with Crippen LogP contribution in [0.25, 0.3) is 0 Å². The molecule has 0 fully saturated rings. The predicted molar refractivity (Wildman–Crippen MR) is 30.0 cm³/mol. The summed E-state index contributed by atoms with van der Waals surface area (Å²) in [5.41, 5.74) is 4.68. The van der Waals surface area contributed by atoms with Crippen molar-refractivity contribution in [3.8, 4) is 0 Å². The van der Waals surface area contributed by atoms with Crippen molar-refractivity contribution in [2.24, 2.45) is 10.1 Å². The molecular weight excluding hydrogens is 144 g/mol. The summed E-state index contributed by atoms with van der Waals surface area (Å²) < 4.78 is 22.3. The van der Waals surface area contributed by atoms with Crippen LogP contribution < -0.4 is 5.73 Å². The fraction of sp³-hybridized carbons (Fsp3) is 0.667. The summed E-state index contributed by atoms with van der Waals surface area (Å²) in [6.07, 6.45) is -0.0199. The zero-order valence-corrected chi connectivity index (χ0v) is 5.39. The number of nitrogens with two attached hydrogens (primary N) is 1. The highest BCUT2D eigenvalue weighted by Crippen LogP contribution is 1.76. The summed E-state index contributed by atoms with van der Waals surface area (Å²) in [4.78, 5) is 9.94. The van der Waals surface area contributed by atoms with Gasteiger partial charge in [0.2, 0.25) is 5.91 Å². The topological polar surface area (TPSA) is 89.6 Å². The van der Waals surface area contributed by atoms with Gasteiger partial charge in [-0.15, -0.1) is 0 Å². The van der Waals surface area contributed by atoms with Gasteiger partial charge in [0.25, 0.3) is 0 Å². The highest BCUT2D eigenvalue weighted by molar-refractivity contribution is 7.61. The Bertz CT molecular complexity index is 209. The Hall–Kier alpha value is -0.910. The molecule has 0 unspecified atom stereocenters. The molecule has 0 saturated carbocycles. The van der Waals surface area contributed by atoms with E-state index in [1.165, 1.54) is 0 Å². The van der Waals surface area contributed by atoms with Crippen LogP contribution in [0.3, 0.4) is 0 Å². The van der Waals surface area contributed by atoms with Crippen molar-refractivity contribution in [1.29, 1.82) is 0 Å². The van der Waals surface area contributed by atoms with Gasteiger partial charge < -0.3 is 5.73 Å². The number of rotatable bonds is 3. The van der Waals surface area contributed by atoms with Gasteiger partial charge in [0.15, 0.2) is 0 Å². The first-order valence-corrected chi connectivity index (χ1v) is 3.21. The number of nitrogens with zero attached hydrogens (tertiary/aromatic N) is 1. The van der Waals surface area contributed by atoms with Crippen LogP contribution in [0.5, 0.6) is 0 Å². The Morgan fingerprint density at radius 2 is 2.11 bits per heavy atom. The third-order valence-corrected chi connectivity index (χ3v) is 0.948. The second-order valence-corrected chi connectivity index (χ2v) is 1.98. The van der Waals surface area contributed by atoms with E-state index in [-0.39, 0.29) is 13.0 Å². The van der Waals surface area contributed by atoms with Gasteiger partial charge in [0, 0.05) is 6.42 Å². The van der Waals surface area contributed by atoms with Crippen LogP contribution in [0.1, 0.15) is 6.42 Å². The molecule has 5 nitrogen and oxygen atoms in total. The van der Waals surface area contributed by atoms with Crippen molar-refractivity contribution < 1.29 is 13.2 Å². The van der Waals surface area contributed by atoms with Gasteiger partial charge in [-0.25, -0.2) is 0 Å². The first-order valence-electron chi connectivity index (χ1n) is 2.18. The molecular formula is C3H6N2O3S. The number of carbonyl (C=O) groups is 1. The van der Waals surface area contributed by atoms with E-state index >= 15 is 0 Å². The molecule has 0 aliphatic carbocycles. The Balaban J connectivity index is 3.55. The average Bonchev–Trinajstić information content (AvgIpc) is 1.63. The lowest BCUT2D eigenvalue weighted by Gasteiger charge is -1.82. The summed E-state index contributed by atoms with van der Waals surface area (Å²) >= 11 is 0. The number of hydrogen-bond donors (Lipinski definition) is 1. The van der Waals surface area contributed by atoms with E-state index in [4.69, 9.17) is 0 Å². The second kappa shape index (κ2) is 4.02. The summed E-state index contributed by atoms with van der Waals surface area (Å²) in [5, 5.41) is 0. The molecule has 0 heterocycles. The molecule has 0 bridgehead atoms. The number of primary amides is 1. The number of hydrogen-bond acceptors (Lipinski definition) is 4. The van der Waals surface area contributed by atoms with Crippen LogP contribution in [-0.2, 0) is 15.3 Å². The third kappa shape index (κ3) is 7.09. The minimum Gasteiger partial charge on any atom is -0.370 e. The standard InChI is InChI=1S/C3H6N2O3S/c4-3(6)1-2-5-9(7)8/h1-2H2,(H2,4,6). The van der Waals surface area contributed by atoms with Crippen LogP contribution in [0, 0.1) is 0 Å². The maximum absolute atomic E-state index is 9.94. The lowest BCUT2D eigenvalue weighted by Crippen LogP contribution is -2.11. The van der Waals surface area contributed by atoms with Crippen molar-refractivity contribution in [2.75, 3.05) is 6.54 Å². The number of amides is 1. The summed E-state index contributed by atoms with van der Waals surface area (Å²) in [5.74, 6) is -0.552. The molecule has 0 aliphatic heterocycles. The molecule has 9 heavy (non-hydrogen) atoms. The molecule has 0 atom stereocenters. The quantitative estimate of drug-likeness (QED) is 0.555. The first kappa shape index (κ1) is 8.09. The molecule has 2 N–H and O–H groups in total. The van der Waals surface area contributed by atoms with E-state index in [0.717, 1.165) is 0 Å². The zero-order chi connectivity index (χ0) is 7.28. The minimum absolute atomic E-state index is 0.0199. The highest BCUT2D eigenvalue weighted by Gasteiger charge is 1.89. The Morgan fingerprint density at radius 3 is 2.44 bits per heavy atom. The highest BCUT2D eigenvalue weighted by atomic mass is 32.2. The molecule has 0 aromatic rings. The van der Waals surface area contributed by atoms with Crippen LogP contribution in [0.4, 0.5) is 0 Å². The minimum atomic E-state index is -2.41. The number of carbonyl (C=O) groups excluding carboxylic acids is 1. The maximum atomic E-state index is 9.94. The maximum Gasteiger partial charge on any atom is 0.311 e. The van der Waals surface area contributed by atoms with E-state index in [9.17, 15) is 13.2 Å². The smallest absolute Gasteiger partial charge is 0.311 e. The fourth-order valence-electron chi connectivity index (χ4n) is 0.230. The summed E-state index contributed by atoms with van der Waals surface area (Å²) in [6.45, 7) is -0.0502. The van der Waals surface area contributed by atoms with Gasteiger partial charge >= 0.3 is 10.5 Å². The Labute approximate surface area is 53.6 Å². The Morgan fingerprint density at radius 1 is 1.56 bits per heavy atom. The van der Waals surface area contributed by atoms with Crippen LogP contribution in [0.2, 0.25) is 0 Å². The van der Waals surface area contributed by atoms with Crippen molar-refractivity contribution in [2.45, 2.75) is 6.42 Å². The van der Waals surface area contributed by atoms with Gasteiger partial charge in [-0.05, 0) is 0 Å². The molecule has 0 aliphatic rings. The van der Waals surface area contributed by atoms with E-state index in [1.807, 2.05) is 0 Å². The molecule has 0 rings (SSSR count). The molecule has 0 aromatic carbocycles. The molecule has 1 amide bonds. The van der Waals surface area contributed by atoms with Gasteiger partial charge in [0.1, 0.15) is 0 Å². The van der Waals surface area contributed by atoms with Crippen LogP contribution in [0.15, 0.2) is 4.36 Å². The van der Waals surface area contributed by atoms with Gasteiger partial charge in [0.05, 0.1) is 6.54 Å². The largest absolute Gasteiger partial charge is 0.370 e. The monoisotopic (exact) mass is 150 g/mol. The van der Waals surface area contributed by atoms with Crippen LogP contribution in [-0.4, -0.2) is 20.9 Å². The molecule has 0 aromatic heterocycles. The first-order chi connectivity index (χ1) is 4.13. The second-order valence-electron chi connectivity index (χ2n) is 1.29. The molecule has 6 heteroatoms. The zero-order valence-electron chi connectivity index (χ0n) is 4.57. The van der Waals surface area contributed by atoms with E-state index in [2.05, 4.69) is 10.1 Å². The summed E-state index contributed by atoms with van der Waals surface area (Å²) in [7, 11) is -2.41. The van der Waals surface area contributed by atoms with Gasteiger partial charge in [-0.3, -0.25) is 4.79 Å². The van der Waals surface area contributed by atoms with Crippen molar-refractivity contribution in [1.82, 2.24) is 0 Å². The molecule has 0 saturated heterocycles. The SMILES string of the molecule is NC(=O)CCN=S(=O)=O. The lowest BCUT2D eigenvalue weighted by molar-refractivity contribution is -0.117. The van der Waals surface area contributed by atoms with E-state index < -0.39 is 16.4 Å². The lowest BCUT2D eigenvalue weighted by atomic mass is 10.4. The van der Waals surface area contributed by atoms with E-state index in [1.54, 1.807) is 0 Å². The van der Waals surface area contributed by atoms with Crippen molar-refractivity contribution in [3.63, 3.8) is 0 Å².